The molecule has 0 radical (unpaired) electrons. The summed E-state index contributed by atoms with van der Waals surface area (Å²) in [6.07, 6.45) is 0.466. The van der Waals surface area contributed by atoms with Crippen LogP contribution in [0.15, 0.2) is 36.4 Å². The van der Waals surface area contributed by atoms with Crippen LogP contribution in [0.25, 0.3) is 11.3 Å². The highest BCUT2D eigenvalue weighted by Gasteiger charge is 2.42. The third kappa shape index (κ3) is 3.21. The molecule has 156 valence electrons. The summed E-state index contributed by atoms with van der Waals surface area (Å²) in [6.45, 7) is 4.23. The molecule has 0 saturated heterocycles. The average Bonchev–Trinajstić information content (AvgIpc) is 3.25. The minimum atomic E-state index is -0.400. The van der Waals surface area contributed by atoms with Crippen molar-refractivity contribution in [1.82, 2.24) is 15.1 Å². The molecule has 7 nitrogen and oxygen atoms in total. The maximum Gasteiger partial charge on any atom is 0.273 e. The third-order valence-corrected chi connectivity index (χ3v) is 5.53. The second-order valence-corrected chi connectivity index (χ2v) is 7.59. The molecule has 0 fully saturated rings. The fraction of sp³-hybridized carbons (Fsp3) is 0.304. The molecule has 4 rings (SSSR count). The highest BCUT2D eigenvalue weighted by Crippen LogP contribution is 2.45. The van der Waals surface area contributed by atoms with E-state index in [4.69, 9.17) is 4.74 Å². The predicted octanol–water partition coefficient (Wildman–Crippen LogP) is 3.34. The molecule has 0 bridgehead atoms. The molecule has 1 atom stereocenters. The number of carbonyl (C=O) groups excluding carboxylic acids is 1. The van der Waals surface area contributed by atoms with Crippen molar-refractivity contribution >= 4 is 5.91 Å². The maximum absolute atomic E-state index is 13.2. The quantitative estimate of drug-likeness (QED) is 0.582. The fourth-order valence-electron chi connectivity index (χ4n) is 4.27. The molecule has 1 aliphatic heterocycles. The van der Waals surface area contributed by atoms with Crippen molar-refractivity contribution in [2.45, 2.75) is 26.3 Å². The Balaban J connectivity index is 1.92. The molecule has 0 aliphatic carbocycles. The Morgan fingerprint density at radius 2 is 2.03 bits per heavy atom. The zero-order valence-corrected chi connectivity index (χ0v) is 17.3. The van der Waals surface area contributed by atoms with Crippen LogP contribution < -0.4 is 4.74 Å². The topological polar surface area (TPSA) is 98.7 Å². The first-order chi connectivity index (χ1) is 14.5. The molecule has 1 unspecified atom stereocenters. The van der Waals surface area contributed by atoms with E-state index >= 15 is 0 Å². The van der Waals surface area contributed by atoms with Crippen LogP contribution in [0.1, 0.15) is 45.2 Å². The number of phenols is 1. The van der Waals surface area contributed by atoms with Crippen molar-refractivity contribution in [3.63, 3.8) is 0 Å². The average molecular weight is 407 g/mol. The van der Waals surface area contributed by atoms with Crippen molar-refractivity contribution in [1.29, 1.82) is 0 Å². The molecule has 3 N–H and O–H groups in total. The van der Waals surface area contributed by atoms with Gasteiger partial charge in [-0.15, -0.1) is 0 Å². The van der Waals surface area contributed by atoms with Crippen LogP contribution in [0.2, 0.25) is 0 Å². The fourth-order valence-corrected chi connectivity index (χ4v) is 4.27. The maximum atomic E-state index is 13.2. The number of nitrogens with one attached hydrogen (secondary N) is 1. The van der Waals surface area contributed by atoms with E-state index in [0.29, 0.717) is 35.7 Å². The number of rotatable bonds is 6. The molecule has 3 aromatic rings. The number of aromatic hydroxyl groups is 1. The van der Waals surface area contributed by atoms with Crippen molar-refractivity contribution in [3.8, 4) is 22.8 Å². The van der Waals surface area contributed by atoms with Crippen LogP contribution in [0.5, 0.6) is 11.5 Å². The molecule has 7 heteroatoms. The number of benzene rings is 2. The standard InChI is InChI=1S/C23H25N3O4/c1-13-10-14(2)18(17(28)11-13)20-19-21(25-24-20)23(29)26(8-5-9-27)22(19)15-6-4-7-16(12-15)30-3/h4,6-7,10-12,22,27-28H,5,8-9H2,1-3H3,(H,24,25). The van der Waals surface area contributed by atoms with Crippen LogP contribution in [-0.2, 0) is 0 Å². The molecule has 0 saturated carbocycles. The van der Waals surface area contributed by atoms with Gasteiger partial charge in [-0.1, -0.05) is 18.2 Å². The molecule has 1 aliphatic rings. The van der Waals surface area contributed by atoms with Crippen molar-refractivity contribution < 1.29 is 19.7 Å². The number of carbonyl (C=O) groups is 1. The number of hydrogen-bond acceptors (Lipinski definition) is 5. The van der Waals surface area contributed by atoms with E-state index < -0.39 is 6.04 Å². The summed E-state index contributed by atoms with van der Waals surface area (Å²) in [6, 6.07) is 10.9. The summed E-state index contributed by atoms with van der Waals surface area (Å²) < 4.78 is 5.39. The summed E-state index contributed by atoms with van der Waals surface area (Å²) in [4.78, 5) is 14.9. The molecule has 1 aromatic heterocycles. The number of ether oxygens (including phenoxy) is 1. The zero-order valence-electron chi connectivity index (χ0n) is 17.3. The highest BCUT2D eigenvalue weighted by atomic mass is 16.5. The molecule has 30 heavy (non-hydrogen) atoms. The summed E-state index contributed by atoms with van der Waals surface area (Å²) in [5.41, 5.74) is 5.03. The molecule has 2 heterocycles. The van der Waals surface area contributed by atoms with E-state index in [1.807, 2.05) is 44.2 Å². The Kier molecular flexibility index (Phi) is 5.22. The van der Waals surface area contributed by atoms with Gasteiger partial charge in [0.25, 0.3) is 5.91 Å². The minimum Gasteiger partial charge on any atom is -0.507 e. The number of aromatic amines is 1. The molecule has 2 aromatic carbocycles. The number of amides is 1. The number of hydrogen-bond donors (Lipinski definition) is 3. The zero-order chi connectivity index (χ0) is 21.4. The van der Waals surface area contributed by atoms with E-state index in [0.717, 1.165) is 22.3 Å². The SMILES string of the molecule is COc1cccc(C2c3c(-c4c(C)cc(C)cc4O)n[nH]c3C(=O)N2CCCO)c1. The number of fused-ring (bicyclic) bond motifs is 1. The summed E-state index contributed by atoms with van der Waals surface area (Å²) in [5.74, 6) is 0.650. The smallest absolute Gasteiger partial charge is 0.273 e. The summed E-state index contributed by atoms with van der Waals surface area (Å²) >= 11 is 0. The van der Waals surface area contributed by atoms with E-state index in [-0.39, 0.29) is 18.3 Å². The van der Waals surface area contributed by atoms with Gasteiger partial charge >= 0.3 is 0 Å². The third-order valence-electron chi connectivity index (χ3n) is 5.53. The van der Waals surface area contributed by atoms with Crippen molar-refractivity contribution in [2.24, 2.45) is 0 Å². The van der Waals surface area contributed by atoms with Gasteiger partial charge in [-0.25, -0.2) is 0 Å². The normalized spacial score (nSPS) is 15.5. The van der Waals surface area contributed by atoms with Crippen LogP contribution in [-0.4, -0.2) is 51.5 Å². The number of nitrogens with zero attached hydrogens (tertiary/aromatic N) is 2. The Morgan fingerprint density at radius 3 is 2.73 bits per heavy atom. The van der Waals surface area contributed by atoms with Gasteiger partial charge in [-0.3, -0.25) is 9.89 Å². The van der Waals surface area contributed by atoms with Gasteiger partial charge in [0.2, 0.25) is 0 Å². The Labute approximate surface area is 174 Å². The lowest BCUT2D eigenvalue weighted by Crippen LogP contribution is -2.31. The number of phenolic OH excluding ortho intramolecular Hbond substituents is 1. The van der Waals surface area contributed by atoms with Crippen LogP contribution in [0, 0.1) is 13.8 Å². The molecular weight excluding hydrogens is 382 g/mol. The van der Waals surface area contributed by atoms with Gasteiger partial charge in [0.1, 0.15) is 22.9 Å². The lowest BCUT2D eigenvalue weighted by Gasteiger charge is -2.26. The van der Waals surface area contributed by atoms with Gasteiger partial charge in [0.15, 0.2) is 0 Å². The monoisotopic (exact) mass is 407 g/mol. The first-order valence-corrected chi connectivity index (χ1v) is 9.90. The van der Waals surface area contributed by atoms with Crippen LogP contribution in [0.4, 0.5) is 0 Å². The Hall–Kier alpha value is -3.32. The predicted molar refractivity (Wildman–Crippen MR) is 113 cm³/mol. The van der Waals surface area contributed by atoms with Crippen LogP contribution >= 0.6 is 0 Å². The van der Waals surface area contributed by atoms with Gasteiger partial charge in [0, 0.05) is 24.3 Å². The van der Waals surface area contributed by atoms with Gasteiger partial charge < -0.3 is 19.8 Å². The van der Waals surface area contributed by atoms with E-state index in [1.165, 1.54) is 0 Å². The van der Waals surface area contributed by atoms with Crippen molar-refractivity contribution in [3.05, 3.63) is 64.3 Å². The van der Waals surface area contributed by atoms with Crippen molar-refractivity contribution in [2.75, 3.05) is 20.3 Å². The molecular formula is C23H25N3O4. The van der Waals surface area contributed by atoms with Crippen LogP contribution in [0.3, 0.4) is 0 Å². The highest BCUT2D eigenvalue weighted by molar-refractivity contribution is 6.00. The molecule has 0 spiro atoms. The number of aliphatic hydroxyl groups is 1. The first-order valence-electron chi connectivity index (χ1n) is 9.90. The second-order valence-electron chi connectivity index (χ2n) is 7.59. The minimum absolute atomic E-state index is 0.00842. The largest absolute Gasteiger partial charge is 0.507 e. The number of aryl methyl sites for hydroxylation is 2. The summed E-state index contributed by atoms with van der Waals surface area (Å²) in [7, 11) is 1.60. The molecule has 1 amide bonds. The number of methoxy groups -OCH3 is 1. The lowest BCUT2D eigenvalue weighted by atomic mass is 9.93. The van der Waals surface area contributed by atoms with E-state index in [9.17, 15) is 15.0 Å². The van der Waals surface area contributed by atoms with E-state index in [1.54, 1.807) is 18.1 Å². The number of H-pyrrole nitrogens is 1. The Morgan fingerprint density at radius 1 is 1.23 bits per heavy atom. The lowest BCUT2D eigenvalue weighted by molar-refractivity contribution is 0.0732. The van der Waals surface area contributed by atoms with Gasteiger partial charge in [0.05, 0.1) is 13.2 Å². The van der Waals surface area contributed by atoms with E-state index in [2.05, 4.69) is 10.2 Å². The second kappa shape index (κ2) is 7.84. The van der Waals surface area contributed by atoms with Gasteiger partial charge in [-0.05, 0) is 55.2 Å². The number of aromatic nitrogens is 2. The Bertz CT molecular complexity index is 1080. The first kappa shape index (κ1) is 20.0. The number of aliphatic hydroxyl groups excluding tert-OH is 1. The summed E-state index contributed by atoms with van der Waals surface area (Å²) in [5, 5.41) is 27.3. The van der Waals surface area contributed by atoms with Gasteiger partial charge in [-0.2, -0.15) is 5.10 Å².